The van der Waals surface area contributed by atoms with E-state index in [-0.39, 0.29) is 31.4 Å². The molecule has 4 N–H and O–H groups in total. The zero-order valence-corrected chi connectivity index (χ0v) is 19.7. The van der Waals surface area contributed by atoms with Crippen molar-refractivity contribution in [1.29, 1.82) is 0 Å². The highest BCUT2D eigenvalue weighted by Crippen LogP contribution is 2.36. The summed E-state index contributed by atoms with van der Waals surface area (Å²) in [6, 6.07) is 9.63. The number of hydrogen-bond acceptors (Lipinski definition) is 7. The molecule has 2 aliphatic rings. The van der Waals surface area contributed by atoms with E-state index in [2.05, 4.69) is 10.6 Å². The predicted octanol–water partition coefficient (Wildman–Crippen LogP) is 1.52. The molecule has 0 aliphatic carbocycles. The molecule has 0 spiro atoms. The lowest BCUT2D eigenvalue weighted by atomic mass is 10.0. The first kappa shape index (κ1) is 26.0. The summed E-state index contributed by atoms with van der Waals surface area (Å²) in [5.41, 5.74) is 1.44. The van der Waals surface area contributed by atoms with Crippen LogP contribution in [0, 0.1) is 0 Å². The topological polar surface area (TPSA) is 120 Å². The maximum atomic E-state index is 14.8. The number of aliphatic hydroxyl groups excluding tert-OH is 2. The summed E-state index contributed by atoms with van der Waals surface area (Å²) in [6.45, 7) is 0.625. The van der Waals surface area contributed by atoms with E-state index in [1.54, 1.807) is 23.1 Å². The van der Waals surface area contributed by atoms with Gasteiger partial charge in [-0.15, -0.1) is 0 Å². The summed E-state index contributed by atoms with van der Waals surface area (Å²) < 4.78 is 39.9. The van der Waals surface area contributed by atoms with Gasteiger partial charge in [-0.2, -0.15) is 8.78 Å². The summed E-state index contributed by atoms with van der Waals surface area (Å²) in [5.74, 6) is -5.37. The molecule has 2 heterocycles. The van der Waals surface area contributed by atoms with Gasteiger partial charge < -0.3 is 30.3 Å². The molecule has 2 aromatic rings. The van der Waals surface area contributed by atoms with E-state index in [9.17, 15) is 28.6 Å². The fraction of sp³-hybridized carbons (Fsp3) is 0.440. The Hall–Kier alpha value is -3.12. The monoisotopic (exact) mass is 505 g/mol. The molecule has 0 radical (unpaired) electrons. The number of nitrogens with zero attached hydrogens (tertiary/aromatic N) is 1. The van der Waals surface area contributed by atoms with E-state index >= 15 is 0 Å². The van der Waals surface area contributed by atoms with Crippen LogP contribution in [0.1, 0.15) is 41.3 Å². The van der Waals surface area contributed by atoms with Crippen LogP contribution < -0.4 is 15.4 Å². The van der Waals surface area contributed by atoms with Gasteiger partial charge in [0.15, 0.2) is 0 Å². The highest BCUT2D eigenvalue weighted by molar-refractivity contribution is 5.85. The van der Waals surface area contributed by atoms with Gasteiger partial charge in [-0.25, -0.2) is 0 Å². The van der Waals surface area contributed by atoms with Crippen molar-refractivity contribution in [2.24, 2.45) is 0 Å². The van der Waals surface area contributed by atoms with Crippen LogP contribution in [0.3, 0.4) is 0 Å². The molecule has 194 valence electrons. The first-order valence-electron chi connectivity index (χ1n) is 11.6. The number of aliphatic hydroxyl groups is 2. The van der Waals surface area contributed by atoms with E-state index < -0.39 is 35.9 Å². The second-order valence-corrected chi connectivity index (χ2v) is 8.82. The molecule has 0 aromatic heterocycles. The lowest BCUT2D eigenvalue weighted by Crippen LogP contribution is -2.53. The van der Waals surface area contributed by atoms with Crippen molar-refractivity contribution in [3.8, 4) is 5.75 Å². The zero-order chi connectivity index (χ0) is 25.9. The van der Waals surface area contributed by atoms with Crippen molar-refractivity contribution in [3.05, 3.63) is 64.7 Å². The molecular weight excluding hydrogens is 476 g/mol. The van der Waals surface area contributed by atoms with Gasteiger partial charge in [-0.05, 0) is 41.7 Å². The number of nitrogens with one attached hydrogen (secondary N) is 2. The Morgan fingerprint density at radius 1 is 1.19 bits per heavy atom. The fourth-order valence-corrected chi connectivity index (χ4v) is 4.44. The van der Waals surface area contributed by atoms with Gasteiger partial charge in [-0.3, -0.25) is 14.5 Å². The largest absolute Gasteiger partial charge is 0.491 e. The number of carbonyl (C=O) groups excluding carboxylic acids is 2. The van der Waals surface area contributed by atoms with Crippen LogP contribution in [-0.4, -0.2) is 59.5 Å². The summed E-state index contributed by atoms with van der Waals surface area (Å²) >= 11 is 0. The molecule has 3 atom stereocenters. The molecule has 9 nitrogen and oxygen atoms in total. The number of methoxy groups -OCH3 is 1. The van der Waals surface area contributed by atoms with Gasteiger partial charge in [0, 0.05) is 25.8 Å². The fourth-order valence-electron chi connectivity index (χ4n) is 4.44. The highest BCUT2D eigenvalue weighted by Gasteiger charge is 2.42. The Balaban J connectivity index is 1.39. The third-order valence-electron chi connectivity index (χ3n) is 6.37. The molecule has 0 saturated carbocycles. The summed E-state index contributed by atoms with van der Waals surface area (Å²) in [6.07, 6.45) is -1.12. The van der Waals surface area contributed by atoms with E-state index in [4.69, 9.17) is 9.47 Å². The van der Waals surface area contributed by atoms with Crippen molar-refractivity contribution >= 4 is 11.8 Å². The molecule has 2 aliphatic heterocycles. The minimum absolute atomic E-state index is 0.141. The molecular formula is C25H29F2N3O6. The maximum absolute atomic E-state index is 14.8. The second kappa shape index (κ2) is 10.9. The van der Waals surface area contributed by atoms with Crippen LogP contribution >= 0.6 is 0 Å². The Labute approximate surface area is 207 Å². The second-order valence-electron chi connectivity index (χ2n) is 8.82. The number of fused-ring (bicyclic) bond motifs is 1. The molecule has 1 fully saturated rings. The molecule has 0 bridgehead atoms. The third kappa shape index (κ3) is 5.49. The Morgan fingerprint density at radius 3 is 2.75 bits per heavy atom. The van der Waals surface area contributed by atoms with Gasteiger partial charge >= 0.3 is 5.92 Å². The van der Waals surface area contributed by atoms with Crippen molar-refractivity contribution in [1.82, 2.24) is 15.5 Å². The van der Waals surface area contributed by atoms with Gasteiger partial charge in [0.25, 0.3) is 5.91 Å². The number of halogens is 2. The third-order valence-corrected chi connectivity index (χ3v) is 6.37. The number of carbonyl (C=O) groups is 2. The number of amides is 2. The predicted molar refractivity (Wildman–Crippen MR) is 124 cm³/mol. The van der Waals surface area contributed by atoms with Gasteiger partial charge in [0.2, 0.25) is 5.91 Å². The quantitative estimate of drug-likeness (QED) is 0.382. The number of ether oxygens (including phenoxy) is 2. The van der Waals surface area contributed by atoms with Crippen molar-refractivity contribution in [2.75, 3.05) is 20.3 Å². The van der Waals surface area contributed by atoms with E-state index in [0.29, 0.717) is 30.6 Å². The first-order valence-corrected chi connectivity index (χ1v) is 11.6. The van der Waals surface area contributed by atoms with Gasteiger partial charge in [0.05, 0.1) is 12.6 Å². The van der Waals surface area contributed by atoms with Crippen molar-refractivity contribution in [3.63, 3.8) is 0 Å². The number of piperidine rings is 1. The van der Waals surface area contributed by atoms with Crippen molar-refractivity contribution < 1.29 is 38.1 Å². The molecule has 2 amide bonds. The average molecular weight is 506 g/mol. The molecule has 1 unspecified atom stereocenters. The molecule has 36 heavy (non-hydrogen) atoms. The normalized spacial score (nSPS) is 22.1. The van der Waals surface area contributed by atoms with Gasteiger partial charge in [0.1, 0.15) is 24.8 Å². The molecule has 2 aromatic carbocycles. The number of hydrogen-bond donors (Lipinski definition) is 4. The molecule has 11 heteroatoms. The Morgan fingerprint density at radius 2 is 2.00 bits per heavy atom. The highest BCUT2D eigenvalue weighted by atomic mass is 19.3. The number of benzene rings is 2. The minimum atomic E-state index is -3.77. The molecule has 4 rings (SSSR count). The smallest absolute Gasteiger partial charge is 0.349 e. The van der Waals surface area contributed by atoms with Crippen LogP contribution in [0.15, 0.2) is 42.5 Å². The summed E-state index contributed by atoms with van der Waals surface area (Å²) in [5, 5.41) is 25.1. The average Bonchev–Trinajstić information content (AvgIpc) is 3.18. The molecule has 1 saturated heterocycles. The van der Waals surface area contributed by atoms with Crippen molar-refractivity contribution in [2.45, 2.75) is 50.4 Å². The van der Waals surface area contributed by atoms with E-state index in [1.807, 2.05) is 0 Å². The lowest BCUT2D eigenvalue weighted by Gasteiger charge is -2.34. The first-order chi connectivity index (χ1) is 17.2. The zero-order valence-electron chi connectivity index (χ0n) is 19.7. The Bertz CT molecular complexity index is 1110. The van der Waals surface area contributed by atoms with Crippen LogP contribution in [0.4, 0.5) is 8.78 Å². The Kier molecular flexibility index (Phi) is 7.84. The lowest BCUT2D eigenvalue weighted by molar-refractivity contribution is -0.147. The summed E-state index contributed by atoms with van der Waals surface area (Å²) in [4.78, 5) is 26.3. The standard InChI is InChI=1S/C25H29F2N3O6/c1-35-9-10-36-18-4-2-3-17(12-18)25(26,27)24(34)28-13-15-5-6-19-16(11-15)14-30(23(19)33)20-7-8-21(31)29-22(20)32/h2-6,11-12,20-21,23,31,33H,7-10,13-14H2,1H3,(H,28,34)(H,29,32)/t20?,21-,23+/m1/s1. The number of alkyl halides is 2. The van der Waals surface area contributed by atoms with Crippen LogP contribution in [-0.2, 0) is 33.3 Å². The number of rotatable bonds is 9. The van der Waals surface area contributed by atoms with Crippen LogP contribution in [0.25, 0.3) is 0 Å². The van der Waals surface area contributed by atoms with E-state index in [1.165, 1.54) is 19.2 Å². The van der Waals surface area contributed by atoms with E-state index in [0.717, 1.165) is 17.7 Å². The van der Waals surface area contributed by atoms with Gasteiger partial charge in [-0.1, -0.05) is 30.3 Å². The maximum Gasteiger partial charge on any atom is 0.349 e. The minimum Gasteiger partial charge on any atom is -0.491 e. The van der Waals surface area contributed by atoms with Crippen LogP contribution in [0.5, 0.6) is 5.75 Å². The van der Waals surface area contributed by atoms with Crippen LogP contribution in [0.2, 0.25) is 0 Å². The summed E-state index contributed by atoms with van der Waals surface area (Å²) in [7, 11) is 1.50. The SMILES string of the molecule is COCCOc1cccc(C(F)(F)C(=O)NCc2ccc3c(c2)CN(C2CC[C@@H](O)NC2=O)[C@H]3O)c1.